The molecule has 17 heavy (non-hydrogen) atoms. The topological polar surface area (TPSA) is 52.6 Å². The first kappa shape index (κ1) is 13.0. The molecule has 0 saturated heterocycles. The maximum absolute atomic E-state index is 11.3. The highest BCUT2D eigenvalue weighted by molar-refractivity contribution is 6.19. The van der Waals surface area contributed by atoms with Crippen molar-refractivity contribution in [1.29, 1.82) is 0 Å². The second kappa shape index (κ2) is 5.84. The molecule has 90 valence electrons. The van der Waals surface area contributed by atoms with E-state index in [1.54, 1.807) is 31.4 Å². The number of hydrogen-bond acceptors (Lipinski definition) is 4. The molecule has 1 aromatic rings. The Morgan fingerprint density at radius 1 is 1.12 bits per heavy atom. The number of ketones is 1. The molecule has 1 rings (SSSR count). The second-order valence-electron chi connectivity index (χ2n) is 3.38. The van der Waals surface area contributed by atoms with Crippen molar-refractivity contribution in [2.75, 3.05) is 14.2 Å². The maximum Gasteiger partial charge on any atom is 0.341 e. The molecule has 0 unspecified atom stereocenters. The smallest absolute Gasteiger partial charge is 0.341 e. The van der Waals surface area contributed by atoms with E-state index in [0.717, 1.165) is 5.56 Å². The highest BCUT2D eigenvalue weighted by Gasteiger charge is 2.14. The lowest BCUT2D eigenvalue weighted by atomic mass is 10.1. The Kier molecular flexibility index (Phi) is 4.46. The Labute approximate surface area is 99.8 Å². The minimum Gasteiger partial charge on any atom is -0.497 e. The first-order valence-corrected chi connectivity index (χ1v) is 5.03. The quantitative estimate of drug-likeness (QED) is 0.345. The van der Waals surface area contributed by atoms with Crippen LogP contribution in [0.4, 0.5) is 0 Å². The van der Waals surface area contributed by atoms with Crippen LogP contribution in [0.3, 0.4) is 0 Å². The van der Waals surface area contributed by atoms with Gasteiger partial charge in [-0.3, -0.25) is 4.79 Å². The molecule has 0 radical (unpaired) electrons. The van der Waals surface area contributed by atoms with E-state index >= 15 is 0 Å². The normalized spacial score (nSPS) is 10.9. The summed E-state index contributed by atoms with van der Waals surface area (Å²) in [5.41, 5.74) is 0.763. The first-order chi connectivity index (χ1) is 8.08. The molecule has 4 heteroatoms. The summed E-state index contributed by atoms with van der Waals surface area (Å²) < 4.78 is 9.55. The monoisotopic (exact) mass is 234 g/mol. The van der Waals surface area contributed by atoms with Gasteiger partial charge in [-0.05, 0) is 30.7 Å². The molecule has 4 nitrogen and oxygen atoms in total. The van der Waals surface area contributed by atoms with Crippen LogP contribution >= 0.6 is 0 Å². The third kappa shape index (κ3) is 3.45. The fourth-order valence-corrected chi connectivity index (χ4v) is 1.28. The highest BCUT2D eigenvalue weighted by atomic mass is 16.5. The van der Waals surface area contributed by atoms with Gasteiger partial charge in [-0.1, -0.05) is 12.1 Å². The van der Waals surface area contributed by atoms with Crippen molar-refractivity contribution in [3.05, 3.63) is 35.4 Å². The summed E-state index contributed by atoms with van der Waals surface area (Å²) in [7, 11) is 2.81. The molecular weight excluding hydrogens is 220 g/mol. The van der Waals surface area contributed by atoms with Crippen LogP contribution < -0.4 is 4.74 Å². The number of rotatable bonds is 4. The lowest BCUT2D eigenvalue weighted by Crippen LogP contribution is -2.11. The van der Waals surface area contributed by atoms with E-state index < -0.39 is 5.97 Å². The summed E-state index contributed by atoms with van der Waals surface area (Å²) >= 11 is 0. The molecule has 0 bridgehead atoms. The van der Waals surface area contributed by atoms with Crippen molar-refractivity contribution in [3.8, 4) is 5.75 Å². The number of methoxy groups -OCH3 is 2. The fraction of sp³-hybridized carbons (Fsp3) is 0.231. The van der Waals surface area contributed by atoms with Gasteiger partial charge >= 0.3 is 5.97 Å². The molecular formula is C13H14O4. The number of ether oxygens (including phenoxy) is 2. The molecule has 0 spiro atoms. The van der Waals surface area contributed by atoms with Gasteiger partial charge in [-0.15, -0.1) is 0 Å². The first-order valence-electron chi connectivity index (χ1n) is 5.03. The zero-order valence-corrected chi connectivity index (χ0v) is 10.0. The number of carbonyl (C=O) groups is 2. The predicted octanol–water partition coefficient (Wildman–Crippen LogP) is 1.84. The second-order valence-corrected chi connectivity index (χ2v) is 3.38. The molecule has 0 aliphatic rings. The predicted molar refractivity (Wildman–Crippen MR) is 63.7 cm³/mol. The van der Waals surface area contributed by atoms with E-state index in [2.05, 4.69) is 4.74 Å². The maximum atomic E-state index is 11.3. The van der Waals surface area contributed by atoms with Crippen LogP contribution in [-0.2, 0) is 14.3 Å². The van der Waals surface area contributed by atoms with Gasteiger partial charge in [0.15, 0.2) is 5.78 Å². The van der Waals surface area contributed by atoms with Crippen molar-refractivity contribution < 1.29 is 19.1 Å². The van der Waals surface area contributed by atoms with Crippen molar-refractivity contribution in [3.63, 3.8) is 0 Å². The number of benzene rings is 1. The summed E-state index contributed by atoms with van der Waals surface area (Å²) in [5.74, 6) is -0.245. The number of carbonyl (C=O) groups excluding carboxylic acids is 2. The molecule has 0 atom stereocenters. The van der Waals surface area contributed by atoms with E-state index in [-0.39, 0.29) is 11.4 Å². The van der Waals surface area contributed by atoms with Crippen LogP contribution in [0.2, 0.25) is 0 Å². The minimum absolute atomic E-state index is 0.0256. The van der Waals surface area contributed by atoms with Crippen LogP contribution in [0.1, 0.15) is 12.5 Å². The Morgan fingerprint density at radius 3 is 2.12 bits per heavy atom. The van der Waals surface area contributed by atoms with Gasteiger partial charge < -0.3 is 9.47 Å². The van der Waals surface area contributed by atoms with Crippen molar-refractivity contribution >= 4 is 17.8 Å². The minimum atomic E-state index is -0.631. The summed E-state index contributed by atoms with van der Waals surface area (Å²) in [5, 5.41) is 0. The number of hydrogen-bond donors (Lipinski definition) is 0. The molecule has 0 aliphatic carbocycles. The van der Waals surface area contributed by atoms with Crippen LogP contribution in [0.25, 0.3) is 6.08 Å². The fourth-order valence-electron chi connectivity index (χ4n) is 1.28. The van der Waals surface area contributed by atoms with E-state index in [1.165, 1.54) is 20.1 Å². The van der Waals surface area contributed by atoms with Gasteiger partial charge in [0.25, 0.3) is 0 Å². The zero-order chi connectivity index (χ0) is 12.8. The van der Waals surface area contributed by atoms with E-state index in [1.807, 2.05) is 0 Å². The Morgan fingerprint density at radius 2 is 1.71 bits per heavy atom. The molecule has 0 aliphatic heterocycles. The third-order valence-electron chi connectivity index (χ3n) is 2.21. The average Bonchev–Trinajstić information content (AvgIpc) is 2.35. The lowest BCUT2D eigenvalue weighted by molar-refractivity contribution is -0.137. The van der Waals surface area contributed by atoms with Crippen LogP contribution in [0.5, 0.6) is 5.75 Å². The Hall–Kier alpha value is -2.10. The summed E-state index contributed by atoms with van der Waals surface area (Å²) in [4.78, 5) is 22.6. The lowest BCUT2D eigenvalue weighted by Gasteiger charge is -2.02. The molecule has 1 aromatic carbocycles. The summed E-state index contributed by atoms with van der Waals surface area (Å²) in [6.45, 7) is 1.33. The van der Waals surface area contributed by atoms with E-state index in [0.29, 0.717) is 5.75 Å². The summed E-state index contributed by atoms with van der Waals surface area (Å²) in [6.07, 6.45) is 1.49. The van der Waals surface area contributed by atoms with Gasteiger partial charge in [0.05, 0.1) is 14.2 Å². The zero-order valence-electron chi connectivity index (χ0n) is 10.0. The largest absolute Gasteiger partial charge is 0.497 e. The van der Waals surface area contributed by atoms with Gasteiger partial charge in [0, 0.05) is 0 Å². The van der Waals surface area contributed by atoms with Gasteiger partial charge in [-0.25, -0.2) is 4.79 Å². The highest BCUT2D eigenvalue weighted by Crippen LogP contribution is 2.14. The standard InChI is InChI=1S/C13H14O4/c1-9(14)12(13(15)17-3)8-10-4-6-11(16-2)7-5-10/h4-8H,1-3H3/b12-8+. The average molecular weight is 234 g/mol. The summed E-state index contributed by atoms with van der Waals surface area (Å²) in [6, 6.07) is 7.01. The molecule has 0 amide bonds. The van der Waals surface area contributed by atoms with Crippen LogP contribution in [0.15, 0.2) is 29.8 Å². The van der Waals surface area contributed by atoms with Crippen molar-refractivity contribution in [2.24, 2.45) is 0 Å². The Bertz CT molecular complexity index is 443. The molecule has 0 fully saturated rings. The van der Waals surface area contributed by atoms with Crippen LogP contribution in [-0.4, -0.2) is 26.0 Å². The van der Waals surface area contributed by atoms with E-state index in [4.69, 9.17) is 4.74 Å². The Balaban J connectivity index is 3.04. The van der Waals surface area contributed by atoms with Gasteiger partial charge in [0.1, 0.15) is 11.3 Å². The molecule has 0 heterocycles. The van der Waals surface area contributed by atoms with Gasteiger partial charge in [0.2, 0.25) is 0 Å². The molecule has 0 N–H and O–H groups in total. The van der Waals surface area contributed by atoms with Crippen LogP contribution in [0, 0.1) is 0 Å². The number of esters is 1. The van der Waals surface area contributed by atoms with Crippen molar-refractivity contribution in [2.45, 2.75) is 6.92 Å². The number of Topliss-reactive ketones (excluding diaryl/α,β-unsaturated/α-hetero) is 1. The molecule has 0 saturated carbocycles. The SMILES string of the molecule is COC(=O)/C(=C/c1ccc(OC)cc1)C(C)=O. The third-order valence-corrected chi connectivity index (χ3v) is 2.21. The molecule has 0 aromatic heterocycles. The van der Waals surface area contributed by atoms with E-state index in [9.17, 15) is 9.59 Å². The van der Waals surface area contributed by atoms with Crippen molar-refractivity contribution in [1.82, 2.24) is 0 Å². The van der Waals surface area contributed by atoms with Gasteiger partial charge in [-0.2, -0.15) is 0 Å².